The first-order valence-corrected chi connectivity index (χ1v) is 9.42. The minimum atomic E-state index is -3.71. The Morgan fingerprint density at radius 3 is 2.00 bits per heavy atom. The van der Waals surface area contributed by atoms with E-state index in [0.29, 0.717) is 32.7 Å². The predicted molar refractivity (Wildman–Crippen MR) is 70.3 cm³/mol. The van der Waals surface area contributed by atoms with Crippen molar-refractivity contribution in [3.05, 3.63) is 0 Å². The van der Waals surface area contributed by atoms with Crippen LogP contribution < -0.4 is 5.73 Å². The maximum Gasteiger partial charge on any atom is 0.228 e. The molecule has 0 bridgehead atoms. The zero-order valence-corrected chi connectivity index (χ0v) is 12.4. The van der Waals surface area contributed by atoms with E-state index >= 15 is 0 Å². The van der Waals surface area contributed by atoms with Crippen LogP contribution in [0.1, 0.15) is 6.92 Å². The van der Waals surface area contributed by atoms with Gasteiger partial charge in [-0.2, -0.15) is 4.31 Å². The highest BCUT2D eigenvalue weighted by Gasteiger charge is 2.30. The van der Waals surface area contributed by atoms with Crippen LogP contribution in [0, 0.1) is 0 Å². The van der Waals surface area contributed by atoms with Crippen LogP contribution in [0.5, 0.6) is 0 Å². The lowest BCUT2D eigenvalue weighted by molar-refractivity contribution is 0.149. The van der Waals surface area contributed by atoms with E-state index in [9.17, 15) is 16.8 Å². The molecular formula is C9H21N3O4S2. The summed E-state index contributed by atoms with van der Waals surface area (Å²) in [6.45, 7) is 4.32. The van der Waals surface area contributed by atoms with Gasteiger partial charge in [0, 0.05) is 45.0 Å². The first-order chi connectivity index (χ1) is 8.15. The van der Waals surface area contributed by atoms with Gasteiger partial charge in [0.2, 0.25) is 10.0 Å². The highest BCUT2D eigenvalue weighted by molar-refractivity contribution is 8.06. The van der Waals surface area contributed by atoms with Crippen molar-refractivity contribution in [2.45, 2.75) is 13.0 Å². The van der Waals surface area contributed by atoms with Crippen molar-refractivity contribution in [1.29, 1.82) is 0 Å². The molecular weight excluding hydrogens is 278 g/mol. The van der Waals surface area contributed by atoms with E-state index in [1.165, 1.54) is 4.31 Å². The summed E-state index contributed by atoms with van der Waals surface area (Å²) in [5.74, 6) is 0. The Morgan fingerprint density at radius 2 is 1.61 bits per heavy atom. The summed E-state index contributed by atoms with van der Waals surface area (Å²) in [4.78, 5) is 2.10. The van der Waals surface area contributed by atoms with Crippen LogP contribution in [-0.4, -0.2) is 76.1 Å². The van der Waals surface area contributed by atoms with E-state index in [-0.39, 0.29) is 6.04 Å². The summed E-state index contributed by atoms with van der Waals surface area (Å²) in [7, 11) is -7.24. The van der Waals surface area contributed by atoms with Crippen molar-refractivity contribution >= 4 is 19.9 Å². The van der Waals surface area contributed by atoms with E-state index in [2.05, 4.69) is 4.90 Å². The molecule has 1 aliphatic heterocycles. The van der Waals surface area contributed by atoms with Crippen molar-refractivity contribution < 1.29 is 16.8 Å². The molecule has 18 heavy (non-hydrogen) atoms. The van der Waals surface area contributed by atoms with Crippen LogP contribution >= 0.6 is 0 Å². The number of nitrogens with two attached hydrogens (primary N) is 1. The fraction of sp³-hybridized carbons (Fsp3) is 1.00. The zero-order chi connectivity index (χ0) is 14.0. The molecule has 1 fully saturated rings. The van der Waals surface area contributed by atoms with Crippen molar-refractivity contribution in [1.82, 2.24) is 9.21 Å². The summed E-state index contributed by atoms with van der Waals surface area (Å²) in [5.41, 5.74) is 5.55. The third-order valence-electron chi connectivity index (χ3n) is 2.99. The molecule has 1 aliphatic rings. The molecule has 1 atom stereocenters. The van der Waals surface area contributed by atoms with Gasteiger partial charge in [-0.15, -0.1) is 0 Å². The minimum absolute atomic E-state index is 0.213. The van der Waals surface area contributed by atoms with Crippen LogP contribution in [-0.2, 0) is 19.9 Å². The van der Waals surface area contributed by atoms with Crippen molar-refractivity contribution in [3.8, 4) is 0 Å². The largest absolute Gasteiger partial charge is 0.329 e. The van der Waals surface area contributed by atoms with Gasteiger partial charge in [-0.1, -0.05) is 0 Å². The number of hydrogen-bond acceptors (Lipinski definition) is 6. The van der Waals surface area contributed by atoms with Gasteiger partial charge in [0.05, 0.1) is 0 Å². The topological polar surface area (TPSA) is 101 Å². The normalized spacial score (nSPS) is 21.9. The SMILES string of the molecule is CC(CN)N1CCN(S(=O)(=O)CS(C)(=O)=O)CC1. The molecule has 0 radical (unpaired) electrons. The lowest BCUT2D eigenvalue weighted by Gasteiger charge is -2.36. The number of nitrogens with zero attached hydrogens (tertiary/aromatic N) is 2. The minimum Gasteiger partial charge on any atom is -0.329 e. The Hall–Kier alpha value is -0.220. The third-order valence-corrected chi connectivity index (χ3v) is 7.05. The zero-order valence-electron chi connectivity index (χ0n) is 10.7. The molecule has 0 aromatic rings. The van der Waals surface area contributed by atoms with Gasteiger partial charge >= 0.3 is 0 Å². The van der Waals surface area contributed by atoms with Gasteiger partial charge < -0.3 is 5.73 Å². The van der Waals surface area contributed by atoms with Gasteiger partial charge in [-0.05, 0) is 6.92 Å². The molecule has 0 amide bonds. The second-order valence-corrected chi connectivity index (χ2v) is 9.15. The summed E-state index contributed by atoms with van der Waals surface area (Å²) in [5, 5.41) is -0.813. The molecule has 0 aliphatic carbocycles. The molecule has 9 heteroatoms. The lowest BCUT2D eigenvalue weighted by Crippen LogP contribution is -2.53. The molecule has 1 saturated heterocycles. The number of piperazine rings is 1. The highest BCUT2D eigenvalue weighted by Crippen LogP contribution is 2.11. The standard InChI is InChI=1S/C9H21N3O4S2/c1-9(7-10)11-3-5-12(6-4-11)18(15,16)8-17(2,13)14/h9H,3-8,10H2,1-2H3. The summed E-state index contributed by atoms with van der Waals surface area (Å²) in [6, 6.07) is 0.213. The number of sulfone groups is 1. The molecule has 7 nitrogen and oxygen atoms in total. The van der Waals surface area contributed by atoms with Gasteiger partial charge in [-0.25, -0.2) is 16.8 Å². The van der Waals surface area contributed by atoms with Gasteiger partial charge in [0.25, 0.3) is 0 Å². The first-order valence-electron chi connectivity index (χ1n) is 5.75. The van der Waals surface area contributed by atoms with Crippen LogP contribution in [0.3, 0.4) is 0 Å². The Morgan fingerprint density at radius 1 is 1.11 bits per heavy atom. The molecule has 0 saturated carbocycles. The monoisotopic (exact) mass is 299 g/mol. The first kappa shape index (κ1) is 15.8. The number of hydrogen-bond donors (Lipinski definition) is 1. The molecule has 1 rings (SSSR count). The second-order valence-electron chi connectivity index (χ2n) is 4.68. The van der Waals surface area contributed by atoms with Crippen molar-refractivity contribution in [3.63, 3.8) is 0 Å². The quantitative estimate of drug-likeness (QED) is 0.648. The summed E-state index contributed by atoms with van der Waals surface area (Å²) in [6.07, 6.45) is 0.928. The third kappa shape index (κ3) is 4.47. The molecule has 0 aromatic carbocycles. The fourth-order valence-electron chi connectivity index (χ4n) is 1.92. The maximum atomic E-state index is 11.9. The maximum absolute atomic E-state index is 11.9. The van der Waals surface area contributed by atoms with E-state index in [0.717, 1.165) is 6.26 Å². The van der Waals surface area contributed by atoms with Crippen LogP contribution in [0.25, 0.3) is 0 Å². The molecule has 1 heterocycles. The Kier molecular flexibility index (Phi) is 5.13. The second kappa shape index (κ2) is 5.83. The molecule has 0 spiro atoms. The van der Waals surface area contributed by atoms with Crippen molar-refractivity contribution in [2.75, 3.05) is 44.1 Å². The van der Waals surface area contributed by atoms with Crippen LogP contribution in [0.4, 0.5) is 0 Å². The van der Waals surface area contributed by atoms with Crippen molar-refractivity contribution in [2.24, 2.45) is 5.73 Å². The van der Waals surface area contributed by atoms with E-state index in [1.807, 2.05) is 6.92 Å². The molecule has 108 valence electrons. The Bertz CT molecular complexity index is 466. The fourth-order valence-corrected chi connectivity index (χ4v) is 5.40. The van der Waals surface area contributed by atoms with Gasteiger partial charge in [0.15, 0.2) is 14.9 Å². The lowest BCUT2D eigenvalue weighted by atomic mass is 10.2. The number of sulfonamides is 1. The molecule has 0 aromatic heterocycles. The molecule has 2 N–H and O–H groups in total. The average molecular weight is 299 g/mol. The Labute approximate surface area is 109 Å². The Balaban J connectivity index is 2.63. The van der Waals surface area contributed by atoms with Crippen LogP contribution in [0.2, 0.25) is 0 Å². The van der Waals surface area contributed by atoms with Gasteiger partial charge in [-0.3, -0.25) is 4.90 Å². The van der Waals surface area contributed by atoms with E-state index in [4.69, 9.17) is 5.73 Å². The van der Waals surface area contributed by atoms with Crippen LogP contribution in [0.15, 0.2) is 0 Å². The highest BCUT2D eigenvalue weighted by atomic mass is 32.3. The average Bonchev–Trinajstić information content (AvgIpc) is 2.25. The number of rotatable bonds is 5. The molecule has 1 unspecified atom stereocenters. The summed E-state index contributed by atoms with van der Waals surface area (Å²) < 4.78 is 47.1. The summed E-state index contributed by atoms with van der Waals surface area (Å²) >= 11 is 0. The smallest absolute Gasteiger partial charge is 0.228 e. The van der Waals surface area contributed by atoms with E-state index < -0.39 is 24.9 Å². The predicted octanol–water partition coefficient (Wildman–Crippen LogP) is -1.72. The van der Waals surface area contributed by atoms with E-state index in [1.54, 1.807) is 0 Å². The van der Waals surface area contributed by atoms with Gasteiger partial charge in [0.1, 0.15) is 0 Å².